The molecule has 5 atom stereocenters. The minimum absolute atomic E-state index is 0.0546. The van der Waals surface area contributed by atoms with Crippen LogP contribution in [0.1, 0.15) is 29.9 Å². The van der Waals surface area contributed by atoms with Crippen molar-refractivity contribution in [3.63, 3.8) is 0 Å². The van der Waals surface area contributed by atoms with E-state index in [1.165, 1.54) is 10.9 Å². The number of rotatable bonds is 32. The summed E-state index contributed by atoms with van der Waals surface area (Å²) >= 11 is 0. The molecule has 5 rings (SSSR count). The van der Waals surface area contributed by atoms with Crippen LogP contribution in [-0.4, -0.2) is 200 Å². The van der Waals surface area contributed by atoms with Crippen molar-refractivity contribution in [2.75, 3.05) is 99.1 Å². The molecule has 0 saturated carbocycles. The van der Waals surface area contributed by atoms with Crippen molar-refractivity contribution in [2.45, 2.75) is 63.8 Å². The molecule has 4 aromatic rings. The average Bonchev–Trinajstić information content (AvgIpc) is 4.10. The van der Waals surface area contributed by atoms with Gasteiger partial charge in [0, 0.05) is 11.6 Å². The highest BCUT2D eigenvalue weighted by molar-refractivity contribution is 5.75. The van der Waals surface area contributed by atoms with Crippen molar-refractivity contribution >= 4 is 5.96 Å². The fourth-order valence-electron chi connectivity index (χ4n) is 6.26. The summed E-state index contributed by atoms with van der Waals surface area (Å²) in [5.41, 5.74) is 13.6. The average molecular weight is 933 g/mol. The molecular weight excluding hydrogens is 873 g/mol. The van der Waals surface area contributed by atoms with Crippen molar-refractivity contribution in [2.24, 2.45) is 16.5 Å². The van der Waals surface area contributed by atoms with Gasteiger partial charge in [-0.2, -0.15) is 0 Å². The predicted molar refractivity (Wildman–Crippen MR) is 228 cm³/mol. The van der Waals surface area contributed by atoms with Crippen LogP contribution in [0.25, 0.3) is 11.3 Å². The smallest absolute Gasteiger partial charge is 0.186 e. The third kappa shape index (κ3) is 16.5. The van der Waals surface area contributed by atoms with Crippen LogP contribution in [0.2, 0.25) is 0 Å². The van der Waals surface area contributed by atoms with Gasteiger partial charge in [-0.1, -0.05) is 21.6 Å². The van der Waals surface area contributed by atoms with E-state index in [0.717, 1.165) is 0 Å². The van der Waals surface area contributed by atoms with E-state index in [0.29, 0.717) is 79.3 Å². The molecule has 9 N–H and O–H groups in total. The van der Waals surface area contributed by atoms with Crippen molar-refractivity contribution in [1.29, 1.82) is 0 Å². The summed E-state index contributed by atoms with van der Waals surface area (Å²) < 4.78 is 56.0. The molecule has 26 heteroatoms. The standard InChI is InChI=1S/C40H60N12O14/c1-2-3-28-20-34(64-19-17-60-11-7-54)31(21-33(28)63-18-16-59-10-6-53)32-25-51(48-46-32)4-8-58-12-13-61-14-15-62-27-30-23-50(47-45-30)5-9-65-39-36(38(57)37(56)35(26-55)66-39)52-24-29(44-49-52)22-43-40(41)42/h20-21,23-25,35-39,53-57H,4-19,22,26-27H2,1H3,(H4,41,42,43)/t35?,36-,37-,38-,39?/m1/s1. The first-order valence-corrected chi connectivity index (χ1v) is 21.2. The number of hydrogen-bond acceptors (Lipinski definition) is 21. The Morgan fingerprint density at radius 3 is 2.06 bits per heavy atom. The number of aliphatic imine (C=N–C) groups is 1. The van der Waals surface area contributed by atoms with Crippen LogP contribution >= 0.6 is 0 Å². The Morgan fingerprint density at radius 2 is 1.35 bits per heavy atom. The number of guanidine groups is 1. The third-order valence-electron chi connectivity index (χ3n) is 9.38. The van der Waals surface area contributed by atoms with E-state index in [9.17, 15) is 15.3 Å². The second-order valence-electron chi connectivity index (χ2n) is 14.2. The first-order valence-electron chi connectivity index (χ1n) is 21.2. The lowest BCUT2D eigenvalue weighted by Gasteiger charge is -2.41. The molecule has 3 aromatic heterocycles. The van der Waals surface area contributed by atoms with E-state index >= 15 is 0 Å². The van der Waals surface area contributed by atoms with Gasteiger partial charge in [0.05, 0.1) is 136 Å². The van der Waals surface area contributed by atoms with Crippen LogP contribution in [-0.2, 0) is 59.4 Å². The van der Waals surface area contributed by atoms with Gasteiger partial charge in [0.1, 0.15) is 66.1 Å². The molecule has 1 aliphatic rings. The lowest BCUT2D eigenvalue weighted by Crippen LogP contribution is -2.57. The molecule has 66 heavy (non-hydrogen) atoms. The molecule has 0 radical (unpaired) electrons. The maximum atomic E-state index is 10.9. The second-order valence-corrected chi connectivity index (χ2v) is 14.2. The lowest BCUT2D eigenvalue weighted by atomic mass is 9.97. The minimum atomic E-state index is -1.41. The summed E-state index contributed by atoms with van der Waals surface area (Å²) in [5, 5.41) is 74.0. The van der Waals surface area contributed by atoms with Gasteiger partial charge in [-0.15, -0.1) is 21.2 Å². The molecular formula is C40H60N12O14. The maximum Gasteiger partial charge on any atom is 0.186 e. The molecule has 0 bridgehead atoms. The third-order valence-corrected chi connectivity index (χ3v) is 9.38. The highest BCUT2D eigenvalue weighted by Gasteiger charge is 2.46. The summed E-state index contributed by atoms with van der Waals surface area (Å²) in [6.45, 7) is 5.17. The summed E-state index contributed by atoms with van der Waals surface area (Å²) in [7, 11) is 0. The van der Waals surface area contributed by atoms with E-state index in [-0.39, 0.29) is 85.1 Å². The number of nitrogens with zero attached hydrogens (tertiary/aromatic N) is 10. The summed E-state index contributed by atoms with van der Waals surface area (Å²) in [6, 6.07) is 2.57. The zero-order chi connectivity index (χ0) is 46.9. The van der Waals surface area contributed by atoms with Gasteiger partial charge in [0.25, 0.3) is 0 Å². The van der Waals surface area contributed by atoms with Gasteiger partial charge >= 0.3 is 0 Å². The molecule has 364 valence electrons. The van der Waals surface area contributed by atoms with Crippen molar-refractivity contribution in [1.82, 2.24) is 45.0 Å². The molecule has 0 aliphatic carbocycles. The van der Waals surface area contributed by atoms with Crippen LogP contribution in [0.3, 0.4) is 0 Å². The van der Waals surface area contributed by atoms with E-state index in [2.05, 4.69) is 47.8 Å². The Bertz CT molecular complexity index is 2090. The SMILES string of the molecule is CC#Cc1cc(OCCOCCO)c(-c2cn(CCOCCOCCOCc3cn(CCOC4OC(CO)[C@@H](O)[C@H](O)[C@H]4n4cc(CN=C(N)N)nn4)nn3)nn2)cc1OCCOCCO. The topological polar surface area (TPSA) is 341 Å². The molecule has 1 fully saturated rings. The molecule has 0 spiro atoms. The fourth-order valence-corrected chi connectivity index (χ4v) is 6.26. The van der Waals surface area contributed by atoms with E-state index in [4.69, 9.17) is 64.3 Å². The number of nitrogens with two attached hydrogens (primary N) is 2. The molecule has 1 saturated heterocycles. The molecule has 26 nitrogen and oxygen atoms in total. The van der Waals surface area contributed by atoms with Gasteiger partial charge in [-0.3, -0.25) is 0 Å². The number of hydrogen-bond donors (Lipinski definition) is 7. The highest BCUT2D eigenvalue weighted by Crippen LogP contribution is 2.36. The first-order chi connectivity index (χ1) is 32.2. The highest BCUT2D eigenvalue weighted by atomic mass is 16.7. The molecule has 4 heterocycles. The molecule has 0 amide bonds. The van der Waals surface area contributed by atoms with Gasteiger partial charge in [-0.05, 0) is 13.0 Å². The van der Waals surface area contributed by atoms with E-state index in [1.54, 1.807) is 40.8 Å². The van der Waals surface area contributed by atoms with Gasteiger partial charge in [0.15, 0.2) is 12.2 Å². The lowest BCUT2D eigenvalue weighted by molar-refractivity contribution is -0.282. The van der Waals surface area contributed by atoms with Gasteiger partial charge in [0.2, 0.25) is 0 Å². The normalized spacial score (nSPS) is 18.2. The van der Waals surface area contributed by atoms with Crippen LogP contribution in [0.15, 0.2) is 35.7 Å². The summed E-state index contributed by atoms with van der Waals surface area (Å²) in [4.78, 5) is 3.89. The van der Waals surface area contributed by atoms with Crippen LogP contribution < -0.4 is 20.9 Å². The summed E-state index contributed by atoms with van der Waals surface area (Å²) in [5.74, 6) is 6.84. The Morgan fingerprint density at radius 1 is 0.712 bits per heavy atom. The molecule has 2 unspecified atom stereocenters. The first kappa shape index (κ1) is 51.6. The largest absolute Gasteiger partial charge is 0.490 e. The summed E-state index contributed by atoms with van der Waals surface area (Å²) in [6.07, 6.45) is -0.0274. The van der Waals surface area contributed by atoms with Gasteiger partial charge < -0.3 is 79.6 Å². The zero-order valence-corrected chi connectivity index (χ0v) is 36.7. The minimum Gasteiger partial charge on any atom is -0.490 e. The monoisotopic (exact) mass is 932 g/mol. The van der Waals surface area contributed by atoms with E-state index < -0.39 is 37.3 Å². The Hall–Kier alpha value is -5.41. The Labute approximate surface area is 380 Å². The Balaban J connectivity index is 0.992. The van der Waals surface area contributed by atoms with Gasteiger partial charge in [-0.25, -0.2) is 19.0 Å². The molecule has 1 aliphatic heterocycles. The Kier molecular flexibility index (Phi) is 22.3. The second kappa shape index (κ2) is 28.6. The number of aliphatic hydroxyl groups is 5. The zero-order valence-electron chi connectivity index (χ0n) is 36.7. The fraction of sp³-hybridized carbons (Fsp3) is 0.625. The maximum absolute atomic E-state index is 10.9. The van der Waals surface area contributed by atoms with Crippen LogP contribution in [0.5, 0.6) is 11.5 Å². The molecule has 1 aromatic carbocycles. The van der Waals surface area contributed by atoms with Crippen LogP contribution in [0.4, 0.5) is 0 Å². The van der Waals surface area contributed by atoms with Crippen molar-refractivity contribution < 1.29 is 68.2 Å². The number of ether oxygens (including phenoxy) is 9. The number of aromatic nitrogens is 9. The number of benzene rings is 1. The van der Waals surface area contributed by atoms with Crippen molar-refractivity contribution in [3.05, 3.63) is 47.7 Å². The van der Waals surface area contributed by atoms with Crippen LogP contribution in [0, 0.1) is 11.8 Å². The number of aliphatic hydroxyl groups excluding tert-OH is 5. The van der Waals surface area contributed by atoms with Crippen molar-refractivity contribution in [3.8, 4) is 34.6 Å². The quantitative estimate of drug-likeness (QED) is 0.0111. The predicted octanol–water partition coefficient (Wildman–Crippen LogP) is -3.00. The van der Waals surface area contributed by atoms with E-state index in [1.807, 2.05) is 0 Å².